The fourth-order valence-electron chi connectivity index (χ4n) is 6.42. The van der Waals surface area contributed by atoms with Crippen molar-refractivity contribution in [3.8, 4) is 44.6 Å². The monoisotopic (exact) mass is 467 g/mol. The van der Waals surface area contributed by atoms with Gasteiger partial charge in [0.15, 0.2) is 6.20 Å². The van der Waals surface area contributed by atoms with Crippen LogP contribution in [0.3, 0.4) is 0 Å². The highest BCUT2D eigenvalue weighted by Crippen LogP contribution is 2.53. The molecule has 1 nitrogen and oxygen atoms in total. The van der Waals surface area contributed by atoms with Gasteiger partial charge in [0.05, 0.1) is 5.56 Å². The standard InChI is InChI=1S/C35H30N/c1-21-13-15-24(16-14-21)29-19-32(36(4)20-22(29)2)33-23(3)30-17-25-9-5-7-11-27(25)34(30)35-28-12-8-6-10-26(28)18-31(33)35/h5-16,19-20H,17-18H2,1-4H3/q+1/i2D3. The molecule has 0 radical (unpaired) electrons. The molecule has 5 aromatic rings. The summed E-state index contributed by atoms with van der Waals surface area (Å²) in [7, 11) is 1.99. The van der Waals surface area contributed by atoms with E-state index in [-0.39, 0.29) is 0 Å². The van der Waals surface area contributed by atoms with Crippen LogP contribution < -0.4 is 4.57 Å². The van der Waals surface area contributed by atoms with Crippen LogP contribution in [0, 0.1) is 20.7 Å². The number of hydrogen-bond acceptors (Lipinski definition) is 0. The van der Waals surface area contributed by atoms with Crippen molar-refractivity contribution in [1.29, 1.82) is 0 Å². The minimum Gasteiger partial charge on any atom is -0.201 e. The van der Waals surface area contributed by atoms with Gasteiger partial charge in [-0.05, 0) is 94.7 Å². The van der Waals surface area contributed by atoms with E-state index in [9.17, 15) is 0 Å². The molecule has 0 aliphatic heterocycles. The third-order valence-electron chi connectivity index (χ3n) is 8.18. The third kappa shape index (κ3) is 2.99. The molecule has 0 amide bonds. The summed E-state index contributed by atoms with van der Waals surface area (Å²) < 4.78 is 27.0. The topological polar surface area (TPSA) is 3.88 Å². The molecular weight excluding hydrogens is 434 g/mol. The van der Waals surface area contributed by atoms with Crippen LogP contribution in [-0.2, 0) is 19.9 Å². The molecule has 2 aliphatic rings. The molecule has 0 spiro atoms. The maximum Gasteiger partial charge on any atom is 0.213 e. The Morgan fingerprint density at radius 2 is 1.31 bits per heavy atom. The Morgan fingerprint density at radius 1 is 0.694 bits per heavy atom. The summed E-state index contributed by atoms with van der Waals surface area (Å²) in [6, 6.07) is 27.9. The molecule has 7 rings (SSSR count). The van der Waals surface area contributed by atoms with Gasteiger partial charge in [0.2, 0.25) is 5.69 Å². The Hall–Kier alpha value is -3.97. The highest BCUT2D eigenvalue weighted by molar-refractivity contribution is 6.00. The molecule has 36 heavy (non-hydrogen) atoms. The van der Waals surface area contributed by atoms with E-state index in [0.717, 1.165) is 35.2 Å². The number of hydrogen-bond donors (Lipinski definition) is 0. The summed E-state index contributed by atoms with van der Waals surface area (Å²) in [6.07, 6.45) is 3.62. The molecule has 0 saturated carbocycles. The normalized spacial score (nSPS) is 14.4. The second kappa shape index (κ2) is 7.77. The van der Waals surface area contributed by atoms with Gasteiger partial charge in [-0.25, -0.2) is 4.57 Å². The molecule has 2 aliphatic carbocycles. The molecule has 1 heteroatoms. The van der Waals surface area contributed by atoms with Gasteiger partial charge in [0.25, 0.3) is 0 Å². The lowest BCUT2D eigenvalue weighted by Crippen LogP contribution is -2.32. The van der Waals surface area contributed by atoms with Crippen LogP contribution in [0.2, 0.25) is 0 Å². The molecule has 1 aromatic heterocycles. The smallest absolute Gasteiger partial charge is 0.201 e. The molecule has 0 saturated heterocycles. The lowest BCUT2D eigenvalue weighted by molar-refractivity contribution is -0.660. The highest BCUT2D eigenvalue weighted by atomic mass is 14.9. The molecule has 1 heterocycles. The van der Waals surface area contributed by atoms with E-state index < -0.39 is 6.85 Å². The van der Waals surface area contributed by atoms with Crippen molar-refractivity contribution in [2.24, 2.45) is 7.05 Å². The van der Waals surface area contributed by atoms with Gasteiger partial charge in [-0.3, -0.25) is 0 Å². The fourth-order valence-corrected chi connectivity index (χ4v) is 6.42. The summed E-state index contributed by atoms with van der Waals surface area (Å²) >= 11 is 0. The number of nitrogens with zero attached hydrogens (tertiary/aromatic N) is 1. The van der Waals surface area contributed by atoms with E-state index >= 15 is 0 Å². The van der Waals surface area contributed by atoms with Crippen LogP contribution >= 0.6 is 0 Å². The molecule has 174 valence electrons. The van der Waals surface area contributed by atoms with Crippen LogP contribution in [0.4, 0.5) is 0 Å². The Morgan fingerprint density at radius 3 is 1.97 bits per heavy atom. The van der Waals surface area contributed by atoms with Gasteiger partial charge in [0.1, 0.15) is 7.05 Å². The van der Waals surface area contributed by atoms with Gasteiger partial charge in [-0.2, -0.15) is 0 Å². The van der Waals surface area contributed by atoms with Crippen molar-refractivity contribution in [1.82, 2.24) is 0 Å². The Balaban J connectivity index is 1.56. The number of pyridine rings is 1. The molecule has 0 bridgehead atoms. The van der Waals surface area contributed by atoms with Crippen LogP contribution in [0.1, 0.15) is 43.1 Å². The number of fused-ring (bicyclic) bond motifs is 7. The van der Waals surface area contributed by atoms with Crippen LogP contribution in [0.5, 0.6) is 0 Å². The van der Waals surface area contributed by atoms with Crippen molar-refractivity contribution in [3.05, 3.63) is 124 Å². The maximum atomic E-state index is 8.32. The zero-order chi connectivity index (χ0) is 27.1. The number of aryl methyl sites for hydroxylation is 3. The van der Waals surface area contributed by atoms with Crippen molar-refractivity contribution in [2.45, 2.75) is 33.5 Å². The van der Waals surface area contributed by atoms with Crippen molar-refractivity contribution >= 4 is 0 Å². The third-order valence-corrected chi connectivity index (χ3v) is 8.18. The maximum absolute atomic E-state index is 8.32. The molecule has 4 aromatic carbocycles. The predicted molar refractivity (Wildman–Crippen MR) is 149 cm³/mol. The van der Waals surface area contributed by atoms with E-state index in [1.165, 1.54) is 55.6 Å². The lowest BCUT2D eigenvalue weighted by atomic mass is 9.85. The van der Waals surface area contributed by atoms with E-state index in [2.05, 4.69) is 80.6 Å². The number of aromatic nitrogens is 1. The van der Waals surface area contributed by atoms with Gasteiger partial charge >= 0.3 is 0 Å². The average Bonchev–Trinajstić information content (AvgIpc) is 3.48. The van der Waals surface area contributed by atoms with Crippen molar-refractivity contribution in [3.63, 3.8) is 0 Å². The lowest BCUT2D eigenvalue weighted by Gasteiger charge is -2.19. The fraction of sp³-hybridized carbons (Fsp3) is 0.171. The summed E-state index contributed by atoms with van der Waals surface area (Å²) in [5.41, 5.74) is 17.7. The Bertz CT molecular complexity index is 1810. The first-order chi connectivity index (χ1) is 18.7. The largest absolute Gasteiger partial charge is 0.213 e. The van der Waals surface area contributed by atoms with Crippen molar-refractivity contribution in [2.75, 3.05) is 0 Å². The molecule has 0 fully saturated rings. The zero-order valence-electron chi connectivity index (χ0n) is 23.9. The van der Waals surface area contributed by atoms with Crippen LogP contribution in [-0.4, -0.2) is 0 Å². The molecular formula is C35H30N+. The Labute approximate surface area is 217 Å². The van der Waals surface area contributed by atoms with Crippen LogP contribution in [0.15, 0.2) is 85.1 Å². The van der Waals surface area contributed by atoms with E-state index in [0.29, 0.717) is 5.56 Å². The summed E-state index contributed by atoms with van der Waals surface area (Å²) in [5, 5.41) is 0. The molecule has 0 atom stereocenters. The second-order valence-electron chi connectivity index (χ2n) is 10.3. The van der Waals surface area contributed by atoms with E-state index in [4.69, 9.17) is 4.11 Å². The van der Waals surface area contributed by atoms with Gasteiger partial charge < -0.3 is 0 Å². The van der Waals surface area contributed by atoms with Crippen LogP contribution in [0.25, 0.3) is 44.6 Å². The highest BCUT2D eigenvalue weighted by Gasteiger charge is 2.35. The van der Waals surface area contributed by atoms with Gasteiger partial charge in [0, 0.05) is 15.7 Å². The van der Waals surface area contributed by atoms with E-state index in [1.807, 2.05) is 29.9 Å². The summed E-state index contributed by atoms with van der Waals surface area (Å²) in [6.45, 7) is 2.09. The molecule has 0 N–H and O–H groups in total. The average molecular weight is 468 g/mol. The summed E-state index contributed by atoms with van der Waals surface area (Å²) in [4.78, 5) is 0. The minimum absolute atomic E-state index is 0.378. The van der Waals surface area contributed by atoms with E-state index in [1.54, 1.807) is 0 Å². The summed E-state index contributed by atoms with van der Waals surface area (Å²) in [5.74, 6) is 0. The minimum atomic E-state index is -2.22. The zero-order valence-corrected chi connectivity index (χ0v) is 20.9. The first-order valence-corrected chi connectivity index (χ1v) is 12.7. The predicted octanol–water partition coefficient (Wildman–Crippen LogP) is 7.91. The number of benzene rings is 4. The first kappa shape index (κ1) is 18.3. The second-order valence-corrected chi connectivity index (χ2v) is 10.3. The first-order valence-electron chi connectivity index (χ1n) is 14.2. The molecule has 0 unspecified atom stereocenters. The van der Waals surface area contributed by atoms with Gasteiger partial charge in [-0.15, -0.1) is 0 Å². The quantitative estimate of drug-likeness (QED) is 0.227. The van der Waals surface area contributed by atoms with Gasteiger partial charge in [-0.1, -0.05) is 78.4 Å². The van der Waals surface area contributed by atoms with Crippen molar-refractivity contribution < 1.29 is 8.68 Å². The number of rotatable bonds is 2. The SMILES string of the molecule is [2H]C([2H])([2H])c1c[n+](C)c(-c2c(C)c3c(c4c2Cc2ccccc2-4)-c2ccccc2C3)cc1-c1ccc(C)cc1. The Kier molecular flexibility index (Phi) is 3.95.